The Bertz CT molecular complexity index is 1260. The van der Waals surface area contributed by atoms with Gasteiger partial charge in [0.2, 0.25) is 0 Å². The molecule has 1 aliphatic heterocycles. The molecule has 1 aromatic heterocycles. The van der Waals surface area contributed by atoms with E-state index in [1.165, 1.54) is 11.2 Å². The van der Waals surface area contributed by atoms with E-state index in [4.69, 9.17) is 13.9 Å². The largest absolute Gasteiger partial charge is 0.507 e. The van der Waals surface area contributed by atoms with Crippen molar-refractivity contribution in [2.45, 2.75) is 39.2 Å². The molecule has 1 amide bonds. The summed E-state index contributed by atoms with van der Waals surface area (Å²) in [6.45, 7) is 6.77. The van der Waals surface area contributed by atoms with Crippen molar-refractivity contribution in [3.8, 4) is 11.5 Å². The lowest BCUT2D eigenvalue weighted by Gasteiger charge is -2.23. The van der Waals surface area contributed by atoms with Gasteiger partial charge in [0, 0.05) is 12.1 Å². The predicted molar refractivity (Wildman–Crippen MR) is 136 cm³/mol. The van der Waals surface area contributed by atoms with Crippen LogP contribution in [0.3, 0.4) is 0 Å². The van der Waals surface area contributed by atoms with E-state index in [1.54, 1.807) is 31.4 Å². The van der Waals surface area contributed by atoms with Crippen molar-refractivity contribution in [2.24, 2.45) is 0 Å². The minimum Gasteiger partial charge on any atom is -0.507 e. The normalized spacial score (nSPS) is 17.1. The molecule has 0 aliphatic carbocycles. The number of benzene rings is 2. The van der Waals surface area contributed by atoms with E-state index in [9.17, 15) is 14.7 Å². The van der Waals surface area contributed by atoms with Gasteiger partial charge in [0.15, 0.2) is 0 Å². The molecule has 0 bridgehead atoms. The Hall–Kier alpha value is -4.00. The summed E-state index contributed by atoms with van der Waals surface area (Å²) in [5.41, 5.74) is 2.36. The van der Waals surface area contributed by atoms with E-state index >= 15 is 0 Å². The average Bonchev–Trinajstić information content (AvgIpc) is 3.50. The van der Waals surface area contributed by atoms with Crippen LogP contribution in [-0.2, 0) is 16.0 Å². The van der Waals surface area contributed by atoms with Crippen LogP contribution in [0.25, 0.3) is 5.76 Å². The Kier molecular flexibility index (Phi) is 7.48. The molecule has 4 rings (SSSR count). The van der Waals surface area contributed by atoms with E-state index in [1.807, 2.05) is 51.1 Å². The quantitative estimate of drug-likeness (QED) is 0.243. The van der Waals surface area contributed by atoms with Crippen LogP contribution in [0, 0.1) is 0 Å². The van der Waals surface area contributed by atoms with Crippen LogP contribution in [0.2, 0.25) is 0 Å². The fourth-order valence-corrected chi connectivity index (χ4v) is 4.48. The smallest absolute Gasteiger partial charge is 0.295 e. The molecule has 3 aromatic rings. The molecule has 7 heteroatoms. The highest BCUT2D eigenvalue weighted by Gasteiger charge is 2.47. The lowest BCUT2D eigenvalue weighted by Crippen LogP contribution is -2.31. The number of likely N-dealkylation sites (tertiary alicyclic amines) is 1. The molecule has 1 fully saturated rings. The second-order valence-corrected chi connectivity index (χ2v) is 8.95. The van der Waals surface area contributed by atoms with Gasteiger partial charge in [-0.2, -0.15) is 0 Å². The van der Waals surface area contributed by atoms with Gasteiger partial charge in [0.25, 0.3) is 11.7 Å². The summed E-state index contributed by atoms with van der Waals surface area (Å²) in [6.07, 6.45) is 2.02. The van der Waals surface area contributed by atoms with Gasteiger partial charge in [0.05, 0.1) is 25.6 Å². The molecular formula is C29H31NO6. The maximum Gasteiger partial charge on any atom is 0.295 e. The Morgan fingerprint density at radius 3 is 2.47 bits per heavy atom. The van der Waals surface area contributed by atoms with Crippen molar-refractivity contribution in [1.82, 2.24) is 4.90 Å². The summed E-state index contributed by atoms with van der Waals surface area (Å²) in [5.74, 6) is 0.391. The summed E-state index contributed by atoms with van der Waals surface area (Å²) < 4.78 is 16.6. The minimum absolute atomic E-state index is 0.0172. The summed E-state index contributed by atoms with van der Waals surface area (Å²) in [5, 5.41) is 11.3. The van der Waals surface area contributed by atoms with Crippen molar-refractivity contribution in [1.29, 1.82) is 0 Å². The molecule has 1 unspecified atom stereocenters. The molecule has 1 N–H and O–H groups in total. The molecule has 1 aliphatic rings. The number of ether oxygens (including phenoxy) is 2. The highest BCUT2D eigenvalue weighted by atomic mass is 16.5. The van der Waals surface area contributed by atoms with Gasteiger partial charge in [-0.25, -0.2) is 0 Å². The number of aliphatic hydroxyl groups excluding tert-OH is 1. The van der Waals surface area contributed by atoms with Gasteiger partial charge in [-0.3, -0.25) is 9.59 Å². The van der Waals surface area contributed by atoms with Crippen molar-refractivity contribution < 1.29 is 28.6 Å². The first kappa shape index (κ1) is 25.1. The highest BCUT2D eigenvalue weighted by molar-refractivity contribution is 6.46. The number of amides is 1. The van der Waals surface area contributed by atoms with Crippen LogP contribution in [0.15, 0.2) is 70.9 Å². The van der Waals surface area contributed by atoms with Gasteiger partial charge in [-0.1, -0.05) is 26.0 Å². The van der Waals surface area contributed by atoms with E-state index in [-0.39, 0.29) is 23.8 Å². The molecule has 188 valence electrons. The highest BCUT2D eigenvalue weighted by Crippen LogP contribution is 2.40. The lowest BCUT2D eigenvalue weighted by atomic mass is 9.95. The van der Waals surface area contributed by atoms with Gasteiger partial charge < -0.3 is 23.9 Å². The molecule has 1 saturated heterocycles. The van der Waals surface area contributed by atoms with Crippen molar-refractivity contribution >= 4 is 17.4 Å². The monoisotopic (exact) mass is 489 g/mol. The first-order chi connectivity index (χ1) is 17.3. The number of furan rings is 1. The van der Waals surface area contributed by atoms with E-state index in [2.05, 4.69) is 0 Å². The molecule has 0 saturated carbocycles. The van der Waals surface area contributed by atoms with Gasteiger partial charge >= 0.3 is 0 Å². The van der Waals surface area contributed by atoms with E-state index in [0.29, 0.717) is 24.4 Å². The number of hydrogen-bond acceptors (Lipinski definition) is 6. The third-order valence-electron chi connectivity index (χ3n) is 6.36. The zero-order valence-corrected chi connectivity index (χ0v) is 21.0. The SMILES string of the molecule is CCOc1ccc(/C(O)=C2/C(=O)C(=O)N(CCc3ccc(OC)cc3)C2c2ccco2)cc1C(C)C. The van der Waals surface area contributed by atoms with Gasteiger partial charge in [0.1, 0.15) is 29.1 Å². The summed E-state index contributed by atoms with van der Waals surface area (Å²) in [4.78, 5) is 27.8. The number of hydrogen-bond donors (Lipinski definition) is 1. The maximum atomic E-state index is 13.2. The number of ketones is 1. The zero-order valence-electron chi connectivity index (χ0n) is 21.0. The maximum absolute atomic E-state index is 13.2. The summed E-state index contributed by atoms with van der Waals surface area (Å²) in [7, 11) is 1.60. The number of carbonyl (C=O) groups excluding carboxylic acids is 2. The van der Waals surface area contributed by atoms with Crippen LogP contribution in [-0.4, -0.2) is 42.0 Å². The second kappa shape index (κ2) is 10.7. The topological polar surface area (TPSA) is 89.2 Å². The van der Waals surface area contributed by atoms with E-state index in [0.717, 1.165) is 22.6 Å². The van der Waals surface area contributed by atoms with Crippen LogP contribution in [0.5, 0.6) is 11.5 Å². The second-order valence-electron chi connectivity index (χ2n) is 8.95. The fourth-order valence-electron chi connectivity index (χ4n) is 4.48. The molecule has 1 atom stereocenters. The van der Waals surface area contributed by atoms with Crippen molar-refractivity contribution in [3.63, 3.8) is 0 Å². The molecular weight excluding hydrogens is 458 g/mol. The van der Waals surface area contributed by atoms with Crippen molar-refractivity contribution in [2.75, 3.05) is 20.3 Å². The third kappa shape index (κ3) is 4.87. The van der Waals surface area contributed by atoms with Crippen LogP contribution < -0.4 is 9.47 Å². The molecule has 36 heavy (non-hydrogen) atoms. The number of carbonyl (C=O) groups is 2. The zero-order chi connectivity index (χ0) is 25.8. The molecule has 7 nitrogen and oxygen atoms in total. The predicted octanol–water partition coefficient (Wildman–Crippen LogP) is 5.47. The first-order valence-electron chi connectivity index (χ1n) is 12.1. The van der Waals surface area contributed by atoms with Crippen LogP contribution in [0.1, 0.15) is 55.2 Å². The number of methoxy groups -OCH3 is 1. The Morgan fingerprint density at radius 2 is 1.86 bits per heavy atom. The Balaban J connectivity index is 1.73. The lowest BCUT2D eigenvalue weighted by molar-refractivity contribution is -0.140. The van der Waals surface area contributed by atoms with E-state index < -0.39 is 17.7 Å². The fraction of sp³-hybridized carbons (Fsp3) is 0.310. The minimum atomic E-state index is -0.827. The van der Waals surface area contributed by atoms with Crippen molar-refractivity contribution in [3.05, 3.63) is 88.9 Å². The number of nitrogens with zero attached hydrogens (tertiary/aromatic N) is 1. The molecule has 2 heterocycles. The molecule has 2 aromatic carbocycles. The molecule has 0 radical (unpaired) electrons. The van der Waals surface area contributed by atoms with Crippen LogP contribution in [0.4, 0.5) is 0 Å². The van der Waals surface area contributed by atoms with Gasteiger partial charge in [-0.15, -0.1) is 0 Å². The number of rotatable bonds is 9. The summed E-state index contributed by atoms with van der Waals surface area (Å²) in [6, 6.07) is 15.4. The summed E-state index contributed by atoms with van der Waals surface area (Å²) >= 11 is 0. The standard InChI is InChI=1S/C29H31NO6/c1-5-35-23-13-10-20(17-22(23)18(2)3)27(31)25-26(24-7-6-16-36-24)30(29(33)28(25)32)15-14-19-8-11-21(34-4)12-9-19/h6-13,16-18,26,31H,5,14-15H2,1-4H3/b27-25-. The average molecular weight is 490 g/mol. The number of Topliss-reactive ketones (excluding diaryl/α,β-unsaturated/α-hetero) is 1. The first-order valence-corrected chi connectivity index (χ1v) is 12.1. The van der Waals surface area contributed by atoms with Crippen LogP contribution >= 0.6 is 0 Å². The third-order valence-corrected chi connectivity index (χ3v) is 6.36. The molecule has 0 spiro atoms. The number of aliphatic hydroxyl groups is 1. The Morgan fingerprint density at radius 1 is 1.11 bits per heavy atom. The van der Waals surface area contributed by atoms with Gasteiger partial charge in [-0.05, 0) is 72.9 Å². The Labute approximate surface area is 210 Å².